The van der Waals surface area contributed by atoms with Gasteiger partial charge in [-0.25, -0.2) is 4.58 Å². The van der Waals surface area contributed by atoms with Crippen LogP contribution < -0.4 is 12.4 Å². The highest BCUT2D eigenvalue weighted by Crippen LogP contribution is 2.23. The zero-order valence-electron chi connectivity index (χ0n) is 7.94. The predicted octanol–water partition coefficient (Wildman–Crippen LogP) is -0.233. The van der Waals surface area contributed by atoms with Gasteiger partial charge < -0.3 is 12.4 Å². The van der Waals surface area contributed by atoms with Crippen LogP contribution in [-0.4, -0.2) is 22.3 Å². The first kappa shape index (κ1) is 11.3. The molecule has 1 saturated carbocycles. The van der Waals surface area contributed by atoms with Crippen molar-refractivity contribution in [1.82, 2.24) is 0 Å². The smallest absolute Gasteiger partial charge is 0.245 e. The first-order valence-electron chi connectivity index (χ1n) is 5.16. The molecule has 2 rings (SSSR count). The Morgan fingerprint density at radius 2 is 1.77 bits per heavy atom. The molecule has 3 heteroatoms. The van der Waals surface area contributed by atoms with Crippen LogP contribution in [0.1, 0.15) is 44.9 Å². The van der Waals surface area contributed by atoms with Crippen LogP contribution in [0.5, 0.6) is 0 Å². The van der Waals surface area contributed by atoms with Crippen molar-refractivity contribution in [3.63, 3.8) is 0 Å². The molecule has 76 valence electrons. The molecule has 1 fully saturated rings. The fourth-order valence-electron chi connectivity index (χ4n) is 2.43. The molecule has 0 bridgehead atoms. The van der Waals surface area contributed by atoms with Gasteiger partial charge in [0.15, 0.2) is 6.04 Å². The Balaban J connectivity index is 0.000000845. The maximum atomic E-state index is 6.15. The standard InChI is InChI=1S/C10H17ClN.ClH/c11-10-7-4-8-12(10)9-5-2-1-3-6-9;/h9H,1-8H2;1H/q+1;/p-1. The van der Waals surface area contributed by atoms with Crippen molar-refractivity contribution in [3.05, 3.63) is 0 Å². The van der Waals surface area contributed by atoms with Crippen LogP contribution in [0, 0.1) is 0 Å². The molecule has 13 heavy (non-hydrogen) atoms. The quantitative estimate of drug-likeness (QED) is 0.539. The van der Waals surface area contributed by atoms with E-state index in [-0.39, 0.29) is 12.4 Å². The molecule has 0 radical (unpaired) electrons. The zero-order valence-corrected chi connectivity index (χ0v) is 9.45. The third-order valence-electron chi connectivity index (χ3n) is 3.11. The number of halogens is 2. The van der Waals surface area contributed by atoms with Gasteiger partial charge in [0, 0.05) is 19.3 Å². The van der Waals surface area contributed by atoms with E-state index in [4.69, 9.17) is 11.6 Å². The molecule has 0 spiro atoms. The molecule has 0 aromatic rings. The van der Waals surface area contributed by atoms with Gasteiger partial charge in [-0.15, -0.1) is 0 Å². The van der Waals surface area contributed by atoms with Crippen LogP contribution in [0.15, 0.2) is 0 Å². The van der Waals surface area contributed by atoms with E-state index >= 15 is 0 Å². The van der Waals surface area contributed by atoms with Gasteiger partial charge in [0.25, 0.3) is 0 Å². The molecule has 0 aromatic carbocycles. The average Bonchev–Trinajstić information content (AvgIpc) is 2.53. The van der Waals surface area contributed by atoms with Gasteiger partial charge >= 0.3 is 0 Å². The first-order valence-corrected chi connectivity index (χ1v) is 5.54. The third-order valence-corrected chi connectivity index (χ3v) is 3.52. The Bertz CT molecular complexity index is 195. The molecule has 0 saturated heterocycles. The molecule has 0 aromatic heterocycles. The summed E-state index contributed by atoms with van der Waals surface area (Å²) in [6.07, 6.45) is 9.39. The van der Waals surface area contributed by atoms with Crippen molar-refractivity contribution in [2.24, 2.45) is 0 Å². The van der Waals surface area contributed by atoms with Crippen LogP contribution in [0.3, 0.4) is 0 Å². The lowest BCUT2D eigenvalue weighted by Crippen LogP contribution is -3.00. The zero-order chi connectivity index (χ0) is 8.39. The van der Waals surface area contributed by atoms with E-state index in [0.717, 1.165) is 17.6 Å². The number of nitrogens with zero attached hydrogens (tertiary/aromatic N) is 1. The molecule has 0 N–H and O–H groups in total. The van der Waals surface area contributed by atoms with Crippen molar-refractivity contribution in [1.29, 1.82) is 0 Å². The Kier molecular flexibility index (Phi) is 4.54. The monoisotopic (exact) mass is 221 g/mol. The van der Waals surface area contributed by atoms with Gasteiger partial charge in [0.05, 0.1) is 6.42 Å². The van der Waals surface area contributed by atoms with Crippen molar-refractivity contribution in [2.45, 2.75) is 51.0 Å². The minimum absolute atomic E-state index is 0. The number of hydrogen-bond acceptors (Lipinski definition) is 0. The highest BCUT2D eigenvalue weighted by molar-refractivity contribution is 6.64. The van der Waals surface area contributed by atoms with E-state index in [1.165, 1.54) is 45.1 Å². The number of rotatable bonds is 1. The summed E-state index contributed by atoms with van der Waals surface area (Å²) in [5.74, 6) is 0. The molecular formula is C10H17Cl2N. The van der Waals surface area contributed by atoms with Gasteiger partial charge in [-0.3, -0.25) is 0 Å². The van der Waals surface area contributed by atoms with Crippen molar-refractivity contribution in [2.75, 3.05) is 6.54 Å². The molecule has 0 amide bonds. The predicted molar refractivity (Wildman–Crippen MR) is 52.1 cm³/mol. The van der Waals surface area contributed by atoms with Gasteiger partial charge in [-0.2, -0.15) is 0 Å². The summed E-state index contributed by atoms with van der Waals surface area (Å²) in [4.78, 5) is 0. The van der Waals surface area contributed by atoms with E-state index < -0.39 is 0 Å². The van der Waals surface area contributed by atoms with Crippen molar-refractivity contribution < 1.29 is 17.0 Å². The van der Waals surface area contributed by atoms with Gasteiger partial charge in [-0.1, -0.05) is 6.42 Å². The summed E-state index contributed by atoms with van der Waals surface area (Å²) in [6.45, 7) is 1.21. The maximum absolute atomic E-state index is 6.15. The summed E-state index contributed by atoms with van der Waals surface area (Å²) in [7, 11) is 0. The van der Waals surface area contributed by atoms with Crippen molar-refractivity contribution in [3.8, 4) is 0 Å². The van der Waals surface area contributed by atoms with Crippen molar-refractivity contribution >= 4 is 16.8 Å². The molecular weight excluding hydrogens is 205 g/mol. The summed E-state index contributed by atoms with van der Waals surface area (Å²) >= 11 is 6.15. The fraction of sp³-hybridized carbons (Fsp3) is 0.900. The summed E-state index contributed by atoms with van der Waals surface area (Å²) in [6, 6.07) is 0.786. The third kappa shape index (κ3) is 2.60. The van der Waals surface area contributed by atoms with E-state index in [1.54, 1.807) is 0 Å². The molecule has 0 unspecified atom stereocenters. The van der Waals surface area contributed by atoms with Crippen LogP contribution in [0.4, 0.5) is 0 Å². The van der Waals surface area contributed by atoms with Crippen LogP contribution >= 0.6 is 11.6 Å². The molecule has 2 aliphatic rings. The van der Waals surface area contributed by atoms with Gasteiger partial charge in [0.2, 0.25) is 5.17 Å². The molecule has 1 nitrogen and oxygen atoms in total. The maximum Gasteiger partial charge on any atom is 0.245 e. The molecule has 1 aliphatic carbocycles. The lowest BCUT2D eigenvalue weighted by atomic mass is 9.95. The Morgan fingerprint density at radius 3 is 2.31 bits per heavy atom. The lowest BCUT2D eigenvalue weighted by Gasteiger charge is -2.18. The SMILES string of the molecule is ClC1=[N+](C2CCCCC2)CCC1.[Cl-]. The summed E-state index contributed by atoms with van der Waals surface area (Å²) < 4.78 is 2.45. The highest BCUT2D eigenvalue weighted by atomic mass is 35.5. The molecule has 1 heterocycles. The van der Waals surface area contributed by atoms with E-state index in [0.29, 0.717) is 0 Å². The van der Waals surface area contributed by atoms with E-state index in [2.05, 4.69) is 4.58 Å². The molecule has 1 aliphatic heterocycles. The largest absolute Gasteiger partial charge is 1.00 e. The average molecular weight is 222 g/mol. The van der Waals surface area contributed by atoms with Crippen LogP contribution in [-0.2, 0) is 0 Å². The van der Waals surface area contributed by atoms with Crippen LogP contribution in [0.25, 0.3) is 0 Å². The van der Waals surface area contributed by atoms with E-state index in [1.807, 2.05) is 0 Å². The normalized spacial score (nSPS) is 24.7. The topological polar surface area (TPSA) is 3.01 Å². The minimum atomic E-state index is 0. The molecule has 0 atom stereocenters. The highest BCUT2D eigenvalue weighted by Gasteiger charge is 2.29. The summed E-state index contributed by atoms with van der Waals surface area (Å²) in [5, 5.41) is 1.13. The van der Waals surface area contributed by atoms with Gasteiger partial charge in [0.1, 0.15) is 6.54 Å². The Morgan fingerprint density at radius 1 is 1.08 bits per heavy atom. The minimum Gasteiger partial charge on any atom is -1.00 e. The second-order valence-electron chi connectivity index (χ2n) is 3.97. The van der Waals surface area contributed by atoms with E-state index in [9.17, 15) is 0 Å². The second-order valence-corrected chi connectivity index (χ2v) is 4.40. The summed E-state index contributed by atoms with van der Waals surface area (Å²) in [5.41, 5.74) is 0. The Hall–Kier alpha value is 0.250. The van der Waals surface area contributed by atoms with Crippen LogP contribution in [0.2, 0.25) is 0 Å². The first-order chi connectivity index (χ1) is 5.88. The second kappa shape index (κ2) is 5.21. The van der Waals surface area contributed by atoms with Gasteiger partial charge in [-0.05, 0) is 24.4 Å². The lowest BCUT2D eigenvalue weighted by molar-refractivity contribution is -0.560. The fourth-order valence-corrected chi connectivity index (χ4v) is 2.79. The number of hydrogen-bond donors (Lipinski definition) is 0. The Labute approximate surface area is 91.6 Å².